The summed E-state index contributed by atoms with van der Waals surface area (Å²) in [6, 6.07) is 6.41. The second-order valence-electron chi connectivity index (χ2n) is 3.50. The van der Waals surface area contributed by atoms with Gasteiger partial charge in [-0.3, -0.25) is 0 Å². The predicted octanol–water partition coefficient (Wildman–Crippen LogP) is 2.38. The number of benzene rings is 1. The van der Waals surface area contributed by atoms with Crippen LogP contribution in [0.25, 0.3) is 0 Å². The maximum absolute atomic E-state index is 3.63. The SMILES string of the molecule is CCN1CCNCc2cccc(Br)c21. The third-order valence-electron chi connectivity index (χ3n) is 2.64. The summed E-state index contributed by atoms with van der Waals surface area (Å²) in [5.74, 6) is 0. The van der Waals surface area contributed by atoms with Gasteiger partial charge in [0.15, 0.2) is 0 Å². The Labute approximate surface area is 93.4 Å². The normalized spacial score (nSPS) is 16.3. The minimum absolute atomic E-state index is 0.977. The van der Waals surface area contributed by atoms with E-state index in [1.807, 2.05) is 0 Å². The molecule has 1 aromatic rings. The zero-order valence-electron chi connectivity index (χ0n) is 8.39. The quantitative estimate of drug-likeness (QED) is 0.828. The summed E-state index contributed by atoms with van der Waals surface area (Å²) < 4.78 is 1.21. The number of hydrogen-bond acceptors (Lipinski definition) is 2. The number of nitrogens with zero attached hydrogens (tertiary/aromatic N) is 1. The summed E-state index contributed by atoms with van der Waals surface area (Å²) >= 11 is 3.63. The maximum atomic E-state index is 3.63. The third kappa shape index (κ3) is 1.79. The lowest BCUT2D eigenvalue weighted by Gasteiger charge is -2.23. The molecule has 1 aromatic carbocycles. The molecule has 2 nitrogen and oxygen atoms in total. The van der Waals surface area contributed by atoms with E-state index < -0.39 is 0 Å². The van der Waals surface area contributed by atoms with Crippen LogP contribution in [0.4, 0.5) is 5.69 Å². The molecule has 2 rings (SSSR count). The summed E-state index contributed by atoms with van der Waals surface area (Å²) in [5.41, 5.74) is 2.75. The zero-order chi connectivity index (χ0) is 9.97. The Morgan fingerprint density at radius 1 is 1.50 bits per heavy atom. The van der Waals surface area contributed by atoms with Crippen LogP contribution >= 0.6 is 15.9 Å². The Morgan fingerprint density at radius 2 is 2.36 bits per heavy atom. The molecular weight excluding hydrogens is 240 g/mol. The van der Waals surface area contributed by atoms with Gasteiger partial charge >= 0.3 is 0 Å². The van der Waals surface area contributed by atoms with Gasteiger partial charge in [0, 0.05) is 30.7 Å². The van der Waals surface area contributed by atoms with E-state index in [0.717, 1.165) is 26.2 Å². The smallest absolute Gasteiger partial charge is 0.0556 e. The molecule has 14 heavy (non-hydrogen) atoms. The van der Waals surface area contributed by atoms with Crippen molar-refractivity contribution in [3.8, 4) is 0 Å². The van der Waals surface area contributed by atoms with Crippen molar-refractivity contribution in [1.29, 1.82) is 0 Å². The van der Waals surface area contributed by atoms with Gasteiger partial charge in [-0.25, -0.2) is 0 Å². The first kappa shape index (κ1) is 9.99. The Morgan fingerprint density at radius 3 is 3.14 bits per heavy atom. The van der Waals surface area contributed by atoms with E-state index in [4.69, 9.17) is 0 Å². The highest BCUT2D eigenvalue weighted by molar-refractivity contribution is 9.10. The van der Waals surface area contributed by atoms with Crippen LogP contribution < -0.4 is 10.2 Å². The number of fused-ring (bicyclic) bond motifs is 1. The lowest BCUT2D eigenvalue weighted by Crippen LogP contribution is -2.28. The van der Waals surface area contributed by atoms with Crippen molar-refractivity contribution >= 4 is 21.6 Å². The highest BCUT2D eigenvalue weighted by Crippen LogP contribution is 2.30. The molecule has 0 aromatic heterocycles. The molecule has 0 saturated carbocycles. The minimum Gasteiger partial charge on any atom is -0.369 e. The molecule has 0 saturated heterocycles. The molecule has 1 N–H and O–H groups in total. The van der Waals surface area contributed by atoms with Gasteiger partial charge in [0.2, 0.25) is 0 Å². The second-order valence-corrected chi connectivity index (χ2v) is 4.36. The predicted molar refractivity (Wildman–Crippen MR) is 63.7 cm³/mol. The molecule has 0 amide bonds. The van der Waals surface area contributed by atoms with E-state index in [1.165, 1.54) is 15.7 Å². The van der Waals surface area contributed by atoms with Gasteiger partial charge in [-0.2, -0.15) is 0 Å². The zero-order valence-corrected chi connectivity index (χ0v) is 9.97. The number of nitrogens with one attached hydrogen (secondary N) is 1. The lowest BCUT2D eigenvalue weighted by molar-refractivity contribution is 0.695. The van der Waals surface area contributed by atoms with E-state index in [9.17, 15) is 0 Å². The van der Waals surface area contributed by atoms with Crippen molar-refractivity contribution in [3.63, 3.8) is 0 Å². The fourth-order valence-electron chi connectivity index (χ4n) is 1.92. The number of rotatable bonds is 1. The van der Waals surface area contributed by atoms with Gasteiger partial charge in [0.1, 0.15) is 0 Å². The molecular formula is C11H15BrN2. The molecule has 0 aliphatic carbocycles. The molecule has 1 aliphatic heterocycles. The average Bonchev–Trinajstić information content (AvgIpc) is 2.40. The first-order valence-electron chi connectivity index (χ1n) is 5.06. The Hall–Kier alpha value is -0.540. The van der Waals surface area contributed by atoms with Crippen LogP contribution in [0.5, 0.6) is 0 Å². The lowest BCUT2D eigenvalue weighted by atomic mass is 10.1. The number of hydrogen-bond donors (Lipinski definition) is 1. The van der Waals surface area contributed by atoms with Crippen LogP contribution in [0.2, 0.25) is 0 Å². The van der Waals surface area contributed by atoms with E-state index in [2.05, 4.69) is 51.3 Å². The molecule has 0 radical (unpaired) electrons. The fraction of sp³-hybridized carbons (Fsp3) is 0.455. The summed E-state index contributed by atoms with van der Waals surface area (Å²) in [4.78, 5) is 2.42. The number of anilines is 1. The van der Waals surface area contributed by atoms with Crippen LogP contribution in [0.1, 0.15) is 12.5 Å². The molecule has 0 atom stereocenters. The summed E-state index contributed by atoms with van der Waals surface area (Å²) in [6.07, 6.45) is 0. The molecule has 76 valence electrons. The molecule has 0 spiro atoms. The van der Waals surface area contributed by atoms with Crippen molar-refractivity contribution in [2.24, 2.45) is 0 Å². The fourth-order valence-corrected chi connectivity index (χ4v) is 2.58. The molecule has 0 bridgehead atoms. The first-order chi connectivity index (χ1) is 6.83. The van der Waals surface area contributed by atoms with Gasteiger partial charge < -0.3 is 10.2 Å². The molecule has 1 aliphatic rings. The van der Waals surface area contributed by atoms with E-state index in [0.29, 0.717) is 0 Å². The summed E-state index contributed by atoms with van der Waals surface area (Å²) in [7, 11) is 0. The minimum atomic E-state index is 0.977. The van der Waals surface area contributed by atoms with Gasteiger partial charge in [0.25, 0.3) is 0 Å². The van der Waals surface area contributed by atoms with Gasteiger partial charge in [-0.15, -0.1) is 0 Å². The van der Waals surface area contributed by atoms with Crippen molar-refractivity contribution in [2.45, 2.75) is 13.5 Å². The van der Waals surface area contributed by atoms with Gasteiger partial charge in [0.05, 0.1) is 5.69 Å². The topological polar surface area (TPSA) is 15.3 Å². The van der Waals surface area contributed by atoms with Crippen molar-refractivity contribution < 1.29 is 0 Å². The van der Waals surface area contributed by atoms with E-state index >= 15 is 0 Å². The monoisotopic (exact) mass is 254 g/mol. The van der Waals surface area contributed by atoms with Crippen molar-refractivity contribution in [3.05, 3.63) is 28.2 Å². The molecule has 0 fully saturated rings. The first-order valence-corrected chi connectivity index (χ1v) is 5.85. The van der Waals surface area contributed by atoms with Crippen molar-refractivity contribution in [1.82, 2.24) is 5.32 Å². The summed E-state index contributed by atoms with van der Waals surface area (Å²) in [6.45, 7) is 6.40. The number of para-hydroxylation sites is 1. The Bertz CT molecular complexity index is 325. The van der Waals surface area contributed by atoms with Crippen LogP contribution in [0, 0.1) is 0 Å². The van der Waals surface area contributed by atoms with Crippen molar-refractivity contribution in [2.75, 3.05) is 24.5 Å². The highest BCUT2D eigenvalue weighted by atomic mass is 79.9. The largest absolute Gasteiger partial charge is 0.369 e. The van der Waals surface area contributed by atoms with Gasteiger partial charge in [-0.05, 0) is 34.5 Å². The standard InChI is InChI=1S/C11H15BrN2/c1-2-14-7-6-13-8-9-4-3-5-10(12)11(9)14/h3-5,13H,2,6-8H2,1H3. The Kier molecular flexibility index (Phi) is 3.08. The Balaban J connectivity index is 2.45. The van der Waals surface area contributed by atoms with Crippen LogP contribution in [0.15, 0.2) is 22.7 Å². The van der Waals surface area contributed by atoms with Crippen LogP contribution in [0.3, 0.4) is 0 Å². The molecule has 1 heterocycles. The second kappa shape index (κ2) is 4.32. The average molecular weight is 255 g/mol. The van der Waals surface area contributed by atoms with E-state index in [1.54, 1.807) is 0 Å². The summed E-state index contributed by atoms with van der Waals surface area (Å²) in [5, 5.41) is 3.43. The molecule has 3 heteroatoms. The highest BCUT2D eigenvalue weighted by Gasteiger charge is 2.15. The number of likely N-dealkylation sites (N-methyl/N-ethyl adjacent to an activating group) is 1. The van der Waals surface area contributed by atoms with Gasteiger partial charge in [-0.1, -0.05) is 12.1 Å². The van der Waals surface area contributed by atoms with Crippen LogP contribution in [-0.2, 0) is 6.54 Å². The van der Waals surface area contributed by atoms with E-state index in [-0.39, 0.29) is 0 Å². The molecule has 0 unspecified atom stereocenters. The van der Waals surface area contributed by atoms with Crippen LogP contribution in [-0.4, -0.2) is 19.6 Å². The number of halogens is 1. The maximum Gasteiger partial charge on any atom is 0.0556 e. The third-order valence-corrected chi connectivity index (χ3v) is 3.28.